The Balaban J connectivity index is 0.000000163. The highest BCUT2D eigenvalue weighted by Crippen LogP contribution is 2.31. The second-order valence-corrected chi connectivity index (χ2v) is 12.9. The highest BCUT2D eigenvalue weighted by molar-refractivity contribution is 6.58. The summed E-state index contributed by atoms with van der Waals surface area (Å²) in [4.78, 5) is 17.4. The molecule has 292 valence electrons. The van der Waals surface area contributed by atoms with Crippen LogP contribution >= 0.6 is 11.6 Å². The lowest BCUT2D eigenvalue weighted by atomic mass is 9.79. The van der Waals surface area contributed by atoms with Gasteiger partial charge in [0.15, 0.2) is 5.82 Å². The lowest BCUT2D eigenvalue weighted by Gasteiger charge is -2.10. The van der Waals surface area contributed by atoms with Crippen LogP contribution in [0.3, 0.4) is 0 Å². The van der Waals surface area contributed by atoms with Crippen molar-refractivity contribution in [1.29, 1.82) is 10.5 Å². The molecule has 0 aliphatic carbocycles. The summed E-state index contributed by atoms with van der Waals surface area (Å²) in [7, 11) is -2.22. The molecule has 0 fully saturated rings. The number of hydrogen-bond donors (Lipinski definition) is 2. The number of benzene rings is 6. The van der Waals surface area contributed by atoms with E-state index in [1.54, 1.807) is 12.1 Å². The van der Waals surface area contributed by atoms with Crippen molar-refractivity contribution in [2.24, 2.45) is 0 Å². The van der Waals surface area contributed by atoms with E-state index >= 15 is 0 Å². The largest absolute Gasteiger partial charge is 0.494 e. The van der Waals surface area contributed by atoms with Gasteiger partial charge in [0.2, 0.25) is 5.28 Å². The van der Waals surface area contributed by atoms with Gasteiger partial charge in [-0.25, -0.2) is 37.5 Å². The highest BCUT2D eigenvalue weighted by atomic mass is 35.5. The summed E-state index contributed by atoms with van der Waals surface area (Å²) < 4.78 is 54.8. The summed E-state index contributed by atoms with van der Waals surface area (Å²) in [6.07, 6.45) is 0. The third-order valence-corrected chi connectivity index (χ3v) is 8.73. The van der Waals surface area contributed by atoms with Crippen molar-refractivity contribution >= 4 is 24.2 Å². The van der Waals surface area contributed by atoms with Crippen LogP contribution in [0.25, 0.3) is 56.4 Å². The van der Waals surface area contributed by atoms with Gasteiger partial charge in [-0.3, -0.25) is 0 Å². The Hall–Kier alpha value is -7.55. The van der Waals surface area contributed by atoms with Gasteiger partial charge in [0.05, 0.1) is 57.1 Å². The van der Waals surface area contributed by atoms with Crippen molar-refractivity contribution in [1.82, 2.24) is 19.9 Å². The first-order valence-corrected chi connectivity index (χ1v) is 18.2. The minimum atomic E-state index is -2.22. The van der Waals surface area contributed by atoms with Gasteiger partial charge in [-0.1, -0.05) is 121 Å². The van der Waals surface area contributed by atoms with Crippen LogP contribution in [-0.2, 0) is 0 Å². The zero-order chi connectivity index (χ0) is 42.6. The van der Waals surface area contributed by atoms with Crippen LogP contribution in [0.1, 0.15) is 11.1 Å². The topological polar surface area (TPSA) is 140 Å². The molecule has 0 atom stereocenters. The Labute approximate surface area is 347 Å². The number of hydrogen-bond acceptors (Lipinski definition) is 8. The first kappa shape index (κ1) is 42.1. The van der Waals surface area contributed by atoms with Gasteiger partial charge in [-0.05, 0) is 48.0 Å². The molecule has 0 saturated heterocycles. The summed E-state index contributed by atoms with van der Waals surface area (Å²) in [6, 6.07) is 49.0. The minimum Gasteiger partial charge on any atom is -0.423 e. The van der Waals surface area contributed by atoms with Crippen molar-refractivity contribution in [3.63, 3.8) is 0 Å². The van der Waals surface area contributed by atoms with Gasteiger partial charge in [0, 0.05) is 22.3 Å². The maximum Gasteiger partial charge on any atom is 0.494 e. The van der Waals surface area contributed by atoms with Gasteiger partial charge >= 0.3 is 7.12 Å². The molecule has 0 aliphatic heterocycles. The molecule has 0 spiro atoms. The van der Waals surface area contributed by atoms with Crippen LogP contribution in [0, 0.1) is 45.9 Å². The fourth-order valence-electron chi connectivity index (χ4n) is 5.75. The molecule has 60 heavy (non-hydrogen) atoms. The number of halogens is 5. The molecule has 0 unspecified atom stereocenters. The lowest BCUT2D eigenvalue weighted by molar-refractivity contribution is 0.419. The van der Waals surface area contributed by atoms with Crippen LogP contribution < -0.4 is 5.46 Å². The molecular formula is C46H28BClF4N6O2. The Morgan fingerprint density at radius 2 is 0.750 bits per heavy atom. The molecule has 6 aromatic carbocycles. The number of nitriles is 2. The van der Waals surface area contributed by atoms with E-state index in [0.717, 1.165) is 57.9 Å². The number of aromatic nitrogens is 4. The lowest BCUT2D eigenvalue weighted by Crippen LogP contribution is -2.35. The maximum absolute atomic E-state index is 14.6. The van der Waals surface area contributed by atoms with E-state index in [4.69, 9.17) is 32.2 Å². The van der Waals surface area contributed by atoms with Crippen LogP contribution in [0.5, 0.6) is 0 Å². The highest BCUT2D eigenvalue weighted by Gasteiger charge is 2.22. The predicted molar refractivity (Wildman–Crippen MR) is 222 cm³/mol. The SMILES string of the molecule is Clc1nc(-c2ccccc2)cc(-c2ccccc2)n1.N#Cc1cc(F)c(-c2nc(-c3ccccc3)cc(-c3ccccc3)n2)c(F)c1.N#Cc1cc(F)c(B(O)O)c(F)c1. The van der Waals surface area contributed by atoms with E-state index in [0.29, 0.717) is 11.4 Å². The summed E-state index contributed by atoms with van der Waals surface area (Å²) in [5, 5.41) is 34.6. The number of rotatable bonds is 6. The average Bonchev–Trinajstić information content (AvgIpc) is 3.27. The quantitative estimate of drug-likeness (QED) is 0.0961. The molecule has 2 N–H and O–H groups in total. The predicted octanol–water partition coefficient (Wildman–Crippen LogP) is 9.61. The fraction of sp³-hybridized carbons (Fsp3) is 0. The van der Waals surface area contributed by atoms with Crippen molar-refractivity contribution in [2.45, 2.75) is 0 Å². The van der Waals surface area contributed by atoms with E-state index in [1.165, 1.54) is 6.07 Å². The molecule has 8 aromatic rings. The van der Waals surface area contributed by atoms with Crippen LogP contribution in [0.15, 0.2) is 158 Å². The van der Waals surface area contributed by atoms with E-state index in [9.17, 15) is 17.6 Å². The smallest absolute Gasteiger partial charge is 0.423 e. The Kier molecular flexibility index (Phi) is 13.8. The van der Waals surface area contributed by atoms with E-state index in [-0.39, 0.29) is 27.8 Å². The Morgan fingerprint density at radius 1 is 0.450 bits per heavy atom. The van der Waals surface area contributed by atoms with E-state index in [2.05, 4.69) is 19.9 Å². The summed E-state index contributed by atoms with van der Waals surface area (Å²) in [6.45, 7) is 0. The van der Waals surface area contributed by atoms with Crippen molar-refractivity contribution < 1.29 is 27.6 Å². The third-order valence-electron chi connectivity index (χ3n) is 8.56. The molecule has 14 heteroatoms. The Bertz CT molecular complexity index is 2670. The first-order valence-electron chi connectivity index (χ1n) is 17.8. The second kappa shape index (κ2) is 19.7. The minimum absolute atomic E-state index is 0.0697. The first-order chi connectivity index (χ1) is 29.0. The van der Waals surface area contributed by atoms with Crippen molar-refractivity contribution in [2.75, 3.05) is 0 Å². The fourth-order valence-corrected chi connectivity index (χ4v) is 5.93. The molecule has 8 rings (SSSR count). The van der Waals surface area contributed by atoms with Gasteiger partial charge in [-0.2, -0.15) is 10.5 Å². The van der Waals surface area contributed by atoms with Gasteiger partial charge in [0.1, 0.15) is 23.3 Å². The summed E-state index contributed by atoms with van der Waals surface area (Å²) in [5.74, 6) is -4.11. The average molecular weight is 819 g/mol. The van der Waals surface area contributed by atoms with Gasteiger partial charge in [0.25, 0.3) is 0 Å². The summed E-state index contributed by atoms with van der Waals surface area (Å²) >= 11 is 6.03. The number of nitrogens with zero attached hydrogens (tertiary/aromatic N) is 6. The van der Waals surface area contributed by atoms with Crippen molar-refractivity contribution in [3.8, 4) is 68.6 Å². The zero-order valence-electron chi connectivity index (χ0n) is 31.1. The third kappa shape index (κ3) is 10.5. The van der Waals surface area contributed by atoms with Gasteiger partial charge in [-0.15, -0.1) is 0 Å². The molecule has 0 saturated carbocycles. The van der Waals surface area contributed by atoms with E-state index < -0.39 is 35.9 Å². The van der Waals surface area contributed by atoms with Crippen molar-refractivity contribution in [3.05, 3.63) is 197 Å². The zero-order valence-corrected chi connectivity index (χ0v) is 31.8. The van der Waals surface area contributed by atoms with Gasteiger partial charge < -0.3 is 10.0 Å². The molecular weight excluding hydrogens is 791 g/mol. The van der Waals surface area contributed by atoms with E-state index in [1.807, 2.05) is 127 Å². The second-order valence-electron chi connectivity index (χ2n) is 12.6. The molecule has 2 aromatic heterocycles. The normalized spacial score (nSPS) is 10.2. The van der Waals surface area contributed by atoms with Crippen LogP contribution in [0.2, 0.25) is 5.28 Å². The Morgan fingerprint density at radius 3 is 1.05 bits per heavy atom. The molecule has 8 nitrogen and oxygen atoms in total. The standard InChI is InChI=1S/C23H13F2N3.C16H11ClN2.C7H4BF2NO2/c24-18-11-15(14-26)12-19(25)22(18)23-27-20(16-7-3-1-4-8-16)13-21(28-23)17-9-5-2-6-10-17;17-16-18-14(12-7-3-1-4-8-12)11-15(19-16)13-9-5-2-6-10-13;9-5-1-4(3-11)2-6(10)7(5)8(12)13/h1-13H;1-11H;1-2,12-13H. The molecule has 0 bridgehead atoms. The molecule has 0 aliphatic rings. The summed E-state index contributed by atoms with van der Waals surface area (Å²) in [5.41, 5.74) is 4.93. The van der Waals surface area contributed by atoms with Crippen LogP contribution in [0.4, 0.5) is 17.6 Å². The monoisotopic (exact) mass is 818 g/mol. The van der Waals surface area contributed by atoms with Crippen LogP contribution in [-0.4, -0.2) is 37.1 Å². The molecule has 0 amide bonds. The molecule has 2 heterocycles. The molecule has 0 radical (unpaired) electrons. The maximum atomic E-state index is 14.6.